The second-order valence-electron chi connectivity index (χ2n) is 6.63. The fourth-order valence-electron chi connectivity index (χ4n) is 3.12. The van der Waals surface area contributed by atoms with Crippen LogP contribution in [0.1, 0.15) is 16.8 Å². The molecule has 0 spiro atoms. The first-order valence-electron chi connectivity index (χ1n) is 9.30. The lowest BCUT2D eigenvalue weighted by Crippen LogP contribution is -2.01. The quantitative estimate of drug-likeness (QED) is 0.514. The van der Waals surface area contributed by atoms with Crippen LogP contribution in [0.25, 0.3) is 11.4 Å². The van der Waals surface area contributed by atoms with Crippen molar-refractivity contribution in [1.82, 2.24) is 9.55 Å². The average molecular weight is 370 g/mol. The predicted molar refractivity (Wildman–Crippen MR) is 110 cm³/mol. The van der Waals surface area contributed by atoms with Gasteiger partial charge in [-0.25, -0.2) is 4.98 Å². The molecule has 4 heteroatoms. The number of aliphatic hydroxyl groups excluding tert-OH is 1. The Morgan fingerprint density at radius 3 is 2.07 bits per heavy atom. The molecule has 28 heavy (non-hydrogen) atoms. The van der Waals surface area contributed by atoms with E-state index in [0.717, 1.165) is 22.7 Å². The minimum Gasteiger partial charge on any atom is -0.489 e. The van der Waals surface area contributed by atoms with Crippen LogP contribution in [0.3, 0.4) is 0 Å². The molecule has 0 aliphatic heterocycles. The standard InChI is InChI=1S/C24H22N2O2/c27-17-22-16-26(15-19-7-3-1-4-8-19)24(25-22)21-11-13-23(14-12-21)28-18-20-9-5-2-6-10-20/h1-14,16,27H,15,17-18H2. The Balaban J connectivity index is 1.52. The van der Waals surface area contributed by atoms with E-state index in [1.54, 1.807) is 0 Å². The van der Waals surface area contributed by atoms with Crippen LogP contribution in [-0.2, 0) is 19.8 Å². The van der Waals surface area contributed by atoms with E-state index in [-0.39, 0.29) is 6.61 Å². The fraction of sp³-hybridized carbons (Fsp3) is 0.125. The molecular formula is C24H22N2O2. The zero-order chi connectivity index (χ0) is 19.2. The van der Waals surface area contributed by atoms with Crippen molar-refractivity contribution in [2.45, 2.75) is 19.8 Å². The van der Waals surface area contributed by atoms with Crippen molar-refractivity contribution in [1.29, 1.82) is 0 Å². The molecule has 0 saturated carbocycles. The first kappa shape index (κ1) is 18.0. The van der Waals surface area contributed by atoms with Gasteiger partial charge in [0.2, 0.25) is 0 Å². The molecule has 0 radical (unpaired) electrons. The van der Waals surface area contributed by atoms with E-state index in [1.807, 2.05) is 79.0 Å². The van der Waals surface area contributed by atoms with E-state index in [4.69, 9.17) is 4.74 Å². The summed E-state index contributed by atoms with van der Waals surface area (Å²) in [6, 6.07) is 28.3. The fourth-order valence-corrected chi connectivity index (χ4v) is 3.12. The number of ether oxygens (including phenoxy) is 1. The Hall–Kier alpha value is -3.37. The van der Waals surface area contributed by atoms with Crippen LogP contribution < -0.4 is 4.74 Å². The molecule has 0 saturated heterocycles. The van der Waals surface area contributed by atoms with Crippen LogP contribution >= 0.6 is 0 Å². The van der Waals surface area contributed by atoms with Crippen molar-refractivity contribution < 1.29 is 9.84 Å². The van der Waals surface area contributed by atoms with Gasteiger partial charge in [-0.15, -0.1) is 0 Å². The normalized spacial score (nSPS) is 10.8. The molecule has 1 heterocycles. The van der Waals surface area contributed by atoms with Crippen molar-refractivity contribution in [3.63, 3.8) is 0 Å². The van der Waals surface area contributed by atoms with Crippen LogP contribution in [0.15, 0.2) is 91.1 Å². The van der Waals surface area contributed by atoms with Crippen LogP contribution in [0.2, 0.25) is 0 Å². The number of rotatable bonds is 7. The lowest BCUT2D eigenvalue weighted by Gasteiger charge is -2.10. The zero-order valence-corrected chi connectivity index (χ0v) is 15.5. The largest absolute Gasteiger partial charge is 0.489 e. The van der Waals surface area contributed by atoms with Crippen LogP contribution in [0.5, 0.6) is 5.75 Å². The van der Waals surface area contributed by atoms with Gasteiger partial charge in [0.05, 0.1) is 12.3 Å². The lowest BCUT2D eigenvalue weighted by molar-refractivity contribution is 0.277. The molecule has 0 bridgehead atoms. The van der Waals surface area contributed by atoms with E-state index in [9.17, 15) is 5.11 Å². The summed E-state index contributed by atoms with van der Waals surface area (Å²) in [7, 11) is 0. The summed E-state index contributed by atoms with van der Waals surface area (Å²) in [6.45, 7) is 1.17. The molecule has 0 atom stereocenters. The number of imidazole rings is 1. The van der Waals surface area contributed by atoms with Crippen molar-refractivity contribution in [2.24, 2.45) is 0 Å². The van der Waals surface area contributed by atoms with Crippen molar-refractivity contribution in [3.05, 3.63) is 108 Å². The number of hydrogen-bond acceptors (Lipinski definition) is 3. The van der Waals surface area contributed by atoms with E-state index < -0.39 is 0 Å². The Morgan fingerprint density at radius 1 is 0.786 bits per heavy atom. The molecule has 0 aliphatic rings. The first-order valence-corrected chi connectivity index (χ1v) is 9.30. The molecule has 1 N–H and O–H groups in total. The molecule has 1 aromatic heterocycles. The predicted octanol–water partition coefficient (Wildman–Crippen LogP) is 4.67. The minimum absolute atomic E-state index is 0.0763. The molecule has 4 nitrogen and oxygen atoms in total. The SMILES string of the molecule is OCc1cn(Cc2ccccc2)c(-c2ccc(OCc3ccccc3)cc2)n1. The second kappa shape index (κ2) is 8.55. The Morgan fingerprint density at radius 2 is 1.43 bits per heavy atom. The van der Waals surface area contributed by atoms with Gasteiger partial charge in [-0.3, -0.25) is 0 Å². The number of benzene rings is 3. The average Bonchev–Trinajstić information content (AvgIpc) is 3.17. The zero-order valence-electron chi connectivity index (χ0n) is 15.5. The molecule has 0 unspecified atom stereocenters. The van der Waals surface area contributed by atoms with Gasteiger partial charge in [-0.1, -0.05) is 60.7 Å². The smallest absolute Gasteiger partial charge is 0.140 e. The molecule has 4 aromatic rings. The van der Waals surface area contributed by atoms with Crippen LogP contribution in [0, 0.1) is 0 Å². The highest BCUT2D eigenvalue weighted by Gasteiger charge is 2.11. The minimum atomic E-state index is -0.0763. The monoisotopic (exact) mass is 370 g/mol. The van der Waals surface area contributed by atoms with E-state index >= 15 is 0 Å². The van der Waals surface area contributed by atoms with Gasteiger partial charge in [0, 0.05) is 18.3 Å². The number of aliphatic hydroxyl groups is 1. The number of aromatic nitrogens is 2. The Labute approximate surface area is 164 Å². The highest BCUT2D eigenvalue weighted by Crippen LogP contribution is 2.24. The molecule has 4 rings (SSSR count). The first-order chi connectivity index (χ1) is 13.8. The van der Waals surface area contributed by atoms with E-state index in [2.05, 4.69) is 21.7 Å². The van der Waals surface area contributed by atoms with Gasteiger partial charge in [0.1, 0.15) is 18.2 Å². The Kier molecular flexibility index (Phi) is 5.50. The van der Waals surface area contributed by atoms with Gasteiger partial charge >= 0.3 is 0 Å². The molecule has 0 fully saturated rings. The van der Waals surface area contributed by atoms with Crippen LogP contribution in [-0.4, -0.2) is 14.7 Å². The summed E-state index contributed by atoms with van der Waals surface area (Å²) in [5.74, 6) is 1.65. The molecule has 3 aromatic carbocycles. The number of hydrogen-bond donors (Lipinski definition) is 1. The summed E-state index contributed by atoms with van der Waals surface area (Å²) in [6.07, 6.45) is 1.90. The highest BCUT2D eigenvalue weighted by atomic mass is 16.5. The third-order valence-electron chi connectivity index (χ3n) is 4.55. The van der Waals surface area contributed by atoms with Crippen molar-refractivity contribution >= 4 is 0 Å². The van der Waals surface area contributed by atoms with Gasteiger partial charge in [0.15, 0.2) is 0 Å². The summed E-state index contributed by atoms with van der Waals surface area (Å²) in [4.78, 5) is 4.59. The summed E-state index contributed by atoms with van der Waals surface area (Å²) >= 11 is 0. The third-order valence-corrected chi connectivity index (χ3v) is 4.55. The Bertz CT molecular complexity index is 1010. The molecule has 140 valence electrons. The maximum atomic E-state index is 9.51. The van der Waals surface area contributed by atoms with Gasteiger partial charge in [0.25, 0.3) is 0 Å². The van der Waals surface area contributed by atoms with E-state index in [1.165, 1.54) is 5.56 Å². The molecule has 0 aliphatic carbocycles. The van der Waals surface area contributed by atoms with Crippen LogP contribution in [0.4, 0.5) is 0 Å². The summed E-state index contributed by atoms with van der Waals surface area (Å²) in [5, 5.41) is 9.51. The van der Waals surface area contributed by atoms with Gasteiger partial charge in [-0.05, 0) is 35.4 Å². The molecule has 0 amide bonds. The third kappa shape index (κ3) is 4.30. The topological polar surface area (TPSA) is 47.3 Å². The molecular weight excluding hydrogens is 348 g/mol. The maximum absolute atomic E-state index is 9.51. The van der Waals surface area contributed by atoms with Crippen molar-refractivity contribution in [3.8, 4) is 17.1 Å². The number of nitrogens with zero attached hydrogens (tertiary/aromatic N) is 2. The second-order valence-corrected chi connectivity index (χ2v) is 6.63. The van der Waals surface area contributed by atoms with Crippen molar-refractivity contribution in [2.75, 3.05) is 0 Å². The van der Waals surface area contributed by atoms with Gasteiger partial charge in [-0.2, -0.15) is 0 Å². The maximum Gasteiger partial charge on any atom is 0.140 e. The summed E-state index contributed by atoms with van der Waals surface area (Å²) < 4.78 is 7.94. The lowest BCUT2D eigenvalue weighted by atomic mass is 10.2. The van der Waals surface area contributed by atoms with Gasteiger partial charge < -0.3 is 14.4 Å². The van der Waals surface area contributed by atoms with E-state index in [0.29, 0.717) is 18.8 Å². The highest BCUT2D eigenvalue weighted by molar-refractivity contribution is 5.57. The summed E-state index contributed by atoms with van der Waals surface area (Å²) in [5.41, 5.74) is 3.98.